The smallest absolute Gasteiger partial charge is 0.408 e. The Morgan fingerprint density at radius 3 is 2.51 bits per heavy atom. The molecule has 0 spiro atoms. The molecule has 242 valence electrons. The van der Waals surface area contributed by atoms with Crippen LogP contribution in [0.1, 0.15) is 69.1 Å². The van der Waals surface area contributed by atoms with Gasteiger partial charge in [-0.05, 0) is 50.3 Å². The van der Waals surface area contributed by atoms with E-state index in [4.69, 9.17) is 16.3 Å². The molecule has 1 aliphatic carbocycles. The zero-order chi connectivity index (χ0) is 32.6. The summed E-state index contributed by atoms with van der Waals surface area (Å²) < 4.78 is 36.9. The van der Waals surface area contributed by atoms with Gasteiger partial charge in [-0.2, -0.15) is 8.78 Å². The fourth-order valence-electron chi connectivity index (χ4n) is 4.99. The molecule has 1 saturated carbocycles. The number of hydrogen-bond donors (Lipinski definition) is 4. The summed E-state index contributed by atoms with van der Waals surface area (Å²) in [6.45, 7) is 2.25. The van der Waals surface area contributed by atoms with Gasteiger partial charge in [0.15, 0.2) is 6.10 Å². The van der Waals surface area contributed by atoms with Crippen LogP contribution in [0.25, 0.3) is 0 Å². The molecule has 45 heavy (non-hydrogen) atoms. The molecule has 1 unspecified atom stereocenters. The van der Waals surface area contributed by atoms with Gasteiger partial charge in [0.05, 0.1) is 6.04 Å². The van der Waals surface area contributed by atoms with Crippen LogP contribution in [0.4, 0.5) is 13.6 Å². The van der Waals surface area contributed by atoms with E-state index < -0.39 is 59.3 Å². The maximum Gasteiger partial charge on any atom is 0.408 e. The van der Waals surface area contributed by atoms with Gasteiger partial charge in [0.2, 0.25) is 17.6 Å². The number of carbonyl (C=O) groups is 5. The van der Waals surface area contributed by atoms with Crippen molar-refractivity contribution in [2.45, 2.75) is 82.0 Å². The highest BCUT2D eigenvalue weighted by molar-refractivity contribution is 6.38. The largest absolute Gasteiger partial charge is 0.434 e. The van der Waals surface area contributed by atoms with Gasteiger partial charge < -0.3 is 26.0 Å². The summed E-state index contributed by atoms with van der Waals surface area (Å²) in [5.74, 6) is -7.26. The summed E-state index contributed by atoms with van der Waals surface area (Å²) in [7, 11) is 0. The number of Topliss-reactive ketones (excluding diaryl/α,β-unsaturated/α-hetero) is 1. The number of ketones is 1. The number of unbranched alkanes of at least 4 members (excludes halogenated alkanes) is 1. The number of benzene rings is 1. The van der Waals surface area contributed by atoms with Crippen LogP contribution in [-0.2, 0) is 29.8 Å². The second-order valence-electron chi connectivity index (χ2n) is 11.2. The fraction of sp³-hybridized carbons (Fsp3) is 0.484. The minimum atomic E-state index is -3.75. The monoisotopic (exact) mass is 647 g/mol. The molecule has 2 aliphatic rings. The van der Waals surface area contributed by atoms with Gasteiger partial charge in [0.1, 0.15) is 6.04 Å². The Hall–Kier alpha value is -4.13. The van der Waals surface area contributed by atoms with E-state index in [1.807, 2.05) is 6.92 Å². The molecule has 4 N–H and O–H groups in total. The second kappa shape index (κ2) is 15.2. The third-order valence-electron chi connectivity index (χ3n) is 7.66. The summed E-state index contributed by atoms with van der Waals surface area (Å²) in [6, 6.07) is 4.96. The molecule has 14 heteroatoms. The van der Waals surface area contributed by atoms with Gasteiger partial charge in [-0.3, -0.25) is 24.2 Å². The number of alkyl halides is 2. The number of aromatic nitrogens is 1. The third-order valence-corrected chi connectivity index (χ3v) is 7.89. The Balaban J connectivity index is 1.52. The molecule has 1 aromatic heterocycles. The number of halogens is 3. The molecule has 2 fully saturated rings. The summed E-state index contributed by atoms with van der Waals surface area (Å²) >= 11 is 5.95. The average molecular weight is 648 g/mol. The predicted octanol–water partition coefficient (Wildman–Crippen LogP) is 3.71. The van der Waals surface area contributed by atoms with Crippen LogP contribution in [0.5, 0.6) is 0 Å². The molecule has 2 heterocycles. The molecule has 2 aromatic rings. The van der Waals surface area contributed by atoms with Crippen LogP contribution in [-0.4, -0.2) is 59.3 Å². The lowest BCUT2D eigenvalue weighted by Crippen LogP contribution is -2.55. The maximum absolute atomic E-state index is 15.8. The molecular formula is C31H36ClF2N5O6. The van der Waals surface area contributed by atoms with Crippen molar-refractivity contribution in [2.75, 3.05) is 6.54 Å². The molecule has 4 amide bonds. The van der Waals surface area contributed by atoms with Crippen molar-refractivity contribution in [1.29, 1.82) is 0 Å². The summed E-state index contributed by atoms with van der Waals surface area (Å²) in [5.41, 5.74) is -0.604. The van der Waals surface area contributed by atoms with Gasteiger partial charge in [0, 0.05) is 47.0 Å². The van der Waals surface area contributed by atoms with E-state index in [1.54, 1.807) is 0 Å². The van der Waals surface area contributed by atoms with Crippen LogP contribution in [0.3, 0.4) is 0 Å². The molecule has 0 radical (unpaired) electrons. The highest BCUT2D eigenvalue weighted by Gasteiger charge is 2.46. The van der Waals surface area contributed by atoms with Crippen LogP contribution < -0.4 is 21.3 Å². The first-order chi connectivity index (χ1) is 21.5. The lowest BCUT2D eigenvalue weighted by atomic mass is 9.95. The first kappa shape index (κ1) is 33.8. The van der Waals surface area contributed by atoms with Crippen LogP contribution in [0.2, 0.25) is 5.02 Å². The van der Waals surface area contributed by atoms with Crippen LogP contribution in [0, 0.1) is 5.92 Å². The summed E-state index contributed by atoms with van der Waals surface area (Å²) in [5, 5.41) is 10.2. The lowest BCUT2D eigenvalue weighted by Gasteiger charge is -2.28. The van der Waals surface area contributed by atoms with Gasteiger partial charge in [-0.1, -0.05) is 49.6 Å². The van der Waals surface area contributed by atoms with E-state index in [9.17, 15) is 24.0 Å². The van der Waals surface area contributed by atoms with E-state index in [1.165, 1.54) is 30.5 Å². The number of amides is 4. The Bertz CT molecular complexity index is 1390. The number of carbonyl (C=O) groups excluding carboxylic acids is 5. The minimum Gasteiger partial charge on any atom is -0.434 e. The van der Waals surface area contributed by atoms with Crippen LogP contribution >= 0.6 is 11.6 Å². The lowest BCUT2D eigenvalue weighted by molar-refractivity contribution is -0.141. The van der Waals surface area contributed by atoms with E-state index in [-0.39, 0.29) is 35.4 Å². The molecule has 11 nitrogen and oxygen atoms in total. The SMILES string of the molecule is CCCC[C@H](NC(=O)OC(c1cccnc1)C(F)(F)c1cccc(Cl)c1)C(=O)N[C@@H](C[C@@H]1CCNC1=O)C(=O)C(=O)NC1CC1. The van der Waals surface area contributed by atoms with E-state index in [2.05, 4.69) is 26.3 Å². The number of nitrogens with one attached hydrogen (secondary N) is 4. The van der Waals surface area contributed by atoms with Crippen molar-refractivity contribution in [3.63, 3.8) is 0 Å². The number of hydrogen-bond acceptors (Lipinski definition) is 7. The number of pyridine rings is 1. The van der Waals surface area contributed by atoms with Gasteiger partial charge in [0.25, 0.3) is 5.91 Å². The standard InChI is InChI=1S/C31H36ClF2N5O6/c1-2-3-9-23(28(42)38-24(15-18-12-14-36-27(18)41)25(40)29(43)37-22-10-11-22)39-30(44)45-26(19-6-5-13-35-17-19)31(33,34)20-7-4-8-21(32)16-20/h4-8,13,16-18,22-24,26H,2-3,9-12,14-15H2,1H3,(H,36,41)(H,37,43)(H,38,42)(H,39,44)/t18-,23-,24-,26?/m0/s1. The Morgan fingerprint density at radius 2 is 1.89 bits per heavy atom. The fourth-order valence-corrected chi connectivity index (χ4v) is 5.18. The van der Waals surface area contributed by atoms with Crippen molar-refractivity contribution in [1.82, 2.24) is 26.3 Å². The minimum absolute atomic E-state index is 0.0582. The van der Waals surface area contributed by atoms with Crippen molar-refractivity contribution in [3.05, 3.63) is 64.9 Å². The highest BCUT2D eigenvalue weighted by atomic mass is 35.5. The van der Waals surface area contributed by atoms with E-state index in [0.717, 1.165) is 31.2 Å². The number of nitrogens with zero attached hydrogens (tertiary/aromatic N) is 1. The Morgan fingerprint density at radius 1 is 1.11 bits per heavy atom. The first-order valence-electron chi connectivity index (χ1n) is 14.9. The number of rotatable bonds is 15. The molecule has 1 aromatic carbocycles. The molecule has 4 rings (SSSR count). The molecule has 1 saturated heterocycles. The Kier molecular flexibility index (Phi) is 11.4. The summed E-state index contributed by atoms with van der Waals surface area (Å²) in [4.78, 5) is 68.4. The molecular weight excluding hydrogens is 612 g/mol. The molecule has 0 bridgehead atoms. The quantitative estimate of drug-likeness (QED) is 0.215. The van der Waals surface area contributed by atoms with Crippen molar-refractivity contribution >= 4 is 41.2 Å². The van der Waals surface area contributed by atoms with E-state index in [0.29, 0.717) is 25.8 Å². The highest BCUT2D eigenvalue weighted by Crippen LogP contribution is 2.43. The molecule has 4 atom stereocenters. The van der Waals surface area contributed by atoms with Gasteiger partial charge in [-0.15, -0.1) is 0 Å². The van der Waals surface area contributed by atoms with Crippen molar-refractivity contribution < 1.29 is 37.5 Å². The van der Waals surface area contributed by atoms with Crippen molar-refractivity contribution in [3.8, 4) is 0 Å². The summed E-state index contributed by atoms with van der Waals surface area (Å²) in [6.07, 6.45) is 2.00. The van der Waals surface area contributed by atoms with Gasteiger partial charge in [-0.25, -0.2) is 4.79 Å². The number of alkyl carbamates (subject to hydrolysis) is 1. The first-order valence-corrected chi connectivity index (χ1v) is 15.3. The predicted molar refractivity (Wildman–Crippen MR) is 159 cm³/mol. The van der Waals surface area contributed by atoms with Crippen molar-refractivity contribution in [2.24, 2.45) is 5.92 Å². The normalized spacial score (nSPS) is 18.2. The topological polar surface area (TPSA) is 156 Å². The molecule has 1 aliphatic heterocycles. The Labute approximate surface area is 264 Å². The second-order valence-corrected chi connectivity index (χ2v) is 11.7. The third kappa shape index (κ3) is 9.19. The van der Waals surface area contributed by atoms with Gasteiger partial charge >= 0.3 is 12.0 Å². The zero-order valence-electron chi connectivity index (χ0n) is 24.7. The number of ether oxygens (including phenoxy) is 1. The zero-order valence-corrected chi connectivity index (χ0v) is 25.4. The van der Waals surface area contributed by atoms with Crippen LogP contribution in [0.15, 0.2) is 48.8 Å². The maximum atomic E-state index is 15.8. The van der Waals surface area contributed by atoms with E-state index >= 15 is 8.78 Å². The average Bonchev–Trinajstić information content (AvgIpc) is 3.75.